The maximum absolute atomic E-state index is 3.92. The third kappa shape index (κ3) is 2.24. The van der Waals surface area contributed by atoms with E-state index in [9.17, 15) is 0 Å². The molecule has 10 heavy (non-hydrogen) atoms. The topological polar surface area (TPSA) is 30.7 Å². The number of hydrogen-bond acceptors (Lipinski definition) is 2. The second-order valence-corrected chi connectivity index (χ2v) is 3.76. The second-order valence-electron chi connectivity index (χ2n) is 2.66. The Morgan fingerprint density at radius 3 is 2.80 bits per heavy atom. The van der Waals surface area contributed by atoms with Gasteiger partial charge in [0, 0.05) is 6.54 Å². The van der Waals surface area contributed by atoms with Gasteiger partial charge in [-0.1, -0.05) is 19.1 Å². The summed E-state index contributed by atoms with van der Waals surface area (Å²) in [6, 6.07) is 0. The lowest BCUT2D eigenvalue weighted by molar-refractivity contribution is 0.472. The van der Waals surface area contributed by atoms with Crippen molar-refractivity contribution in [2.24, 2.45) is 5.92 Å². The largest absolute Gasteiger partial charge is 0.251 e. The van der Waals surface area contributed by atoms with Crippen LogP contribution in [0.3, 0.4) is 0 Å². The van der Waals surface area contributed by atoms with Gasteiger partial charge in [0.1, 0.15) is 3.70 Å². The van der Waals surface area contributed by atoms with Gasteiger partial charge in [0.25, 0.3) is 0 Å². The summed E-state index contributed by atoms with van der Waals surface area (Å²) < 4.78 is 2.82. The zero-order chi connectivity index (χ0) is 7.56. The normalized spacial score (nSPS) is 10.8. The van der Waals surface area contributed by atoms with Crippen molar-refractivity contribution in [3.8, 4) is 0 Å². The molecular weight excluding hydrogens is 241 g/mol. The molecule has 0 aliphatic carbocycles. The lowest BCUT2D eigenvalue weighted by atomic mass is 10.2. The summed E-state index contributed by atoms with van der Waals surface area (Å²) in [5.41, 5.74) is 0. The third-order valence-electron chi connectivity index (χ3n) is 1.06. The van der Waals surface area contributed by atoms with Gasteiger partial charge in [0.05, 0.1) is 6.20 Å². The van der Waals surface area contributed by atoms with Gasteiger partial charge in [-0.05, 0) is 28.5 Å². The van der Waals surface area contributed by atoms with E-state index in [0.717, 1.165) is 10.2 Å². The minimum absolute atomic E-state index is 0.637. The second kappa shape index (κ2) is 3.32. The highest BCUT2D eigenvalue weighted by Crippen LogP contribution is 2.00. The molecule has 0 fully saturated rings. The fourth-order valence-electron chi connectivity index (χ4n) is 0.738. The third-order valence-corrected chi connectivity index (χ3v) is 1.56. The number of hydrogen-bond donors (Lipinski definition) is 0. The van der Waals surface area contributed by atoms with Gasteiger partial charge in [-0.2, -0.15) is 0 Å². The van der Waals surface area contributed by atoms with Crippen LogP contribution in [0, 0.1) is 9.62 Å². The van der Waals surface area contributed by atoms with Crippen molar-refractivity contribution in [3.05, 3.63) is 9.90 Å². The molecule has 0 aliphatic heterocycles. The summed E-state index contributed by atoms with van der Waals surface area (Å²) in [7, 11) is 0. The smallest absolute Gasteiger partial charge is 0.143 e. The highest BCUT2D eigenvalue weighted by molar-refractivity contribution is 14.1. The molecule has 1 aromatic rings. The lowest BCUT2D eigenvalue weighted by Crippen LogP contribution is -2.04. The molecule has 0 amide bonds. The molecule has 4 heteroatoms. The molecule has 0 radical (unpaired) electrons. The van der Waals surface area contributed by atoms with Crippen LogP contribution in [0.5, 0.6) is 0 Å². The number of rotatable bonds is 2. The summed E-state index contributed by atoms with van der Waals surface area (Å²) in [6.07, 6.45) is 1.94. The minimum atomic E-state index is 0.637. The van der Waals surface area contributed by atoms with Gasteiger partial charge in [-0.25, -0.2) is 0 Å². The standard InChI is InChI=1S/C6H10IN3/c1-5(2)3-10-4-6(7)8-9-10/h4-5H,3H2,1-2H3. The van der Waals surface area contributed by atoms with Crippen molar-refractivity contribution in [1.29, 1.82) is 0 Å². The van der Waals surface area contributed by atoms with Gasteiger partial charge < -0.3 is 0 Å². The van der Waals surface area contributed by atoms with E-state index >= 15 is 0 Å². The Bertz CT molecular complexity index is 207. The highest BCUT2D eigenvalue weighted by Gasteiger charge is 1.98. The van der Waals surface area contributed by atoms with E-state index in [1.165, 1.54) is 0 Å². The molecule has 3 nitrogen and oxygen atoms in total. The molecule has 56 valence electrons. The van der Waals surface area contributed by atoms with E-state index in [1.54, 1.807) is 0 Å². The molecule has 0 saturated heterocycles. The average molecular weight is 251 g/mol. The van der Waals surface area contributed by atoms with Gasteiger partial charge in [-0.3, -0.25) is 4.68 Å². The maximum atomic E-state index is 3.92. The Morgan fingerprint density at radius 1 is 1.70 bits per heavy atom. The van der Waals surface area contributed by atoms with Crippen LogP contribution in [0.2, 0.25) is 0 Å². The molecule has 0 N–H and O–H groups in total. The first-order valence-corrected chi connectivity index (χ1v) is 4.32. The average Bonchev–Trinajstić information content (AvgIpc) is 2.13. The molecule has 0 atom stereocenters. The Kier molecular flexibility index (Phi) is 2.64. The van der Waals surface area contributed by atoms with Crippen LogP contribution in [-0.2, 0) is 6.54 Å². The van der Waals surface area contributed by atoms with Crippen LogP contribution in [-0.4, -0.2) is 15.0 Å². The zero-order valence-corrected chi connectivity index (χ0v) is 8.24. The zero-order valence-electron chi connectivity index (χ0n) is 6.08. The molecule has 0 aliphatic rings. The molecule has 0 aromatic carbocycles. The van der Waals surface area contributed by atoms with Crippen LogP contribution in [0.25, 0.3) is 0 Å². The fraction of sp³-hybridized carbons (Fsp3) is 0.667. The van der Waals surface area contributed by atoms with Crippen LogP contribution >= 0.6 is 22.6 Å². The Hall–Kier alpha value is -0.130. The summed E-state index contributed by atoms with van der Waals surface area (Å²) in [4.78, 5) is 0. The van der Waals surface area contributed by atoms with Crippen molar-refractivity contribution < 1.29 is 0 Å². The number of aromatic nitrogens is 3. The predicted octanol–water partition coefficient (Wildman–Crippen LogP) is 1.54. The van der Waals surface area contributed by atoms with Gasteiger partial charge in [0.15, 0.2) is 0 Å². The van der Waals surface area contributed by atoms with Crippen LogP contribution in [0.1, 0.15) is 13.8 Å². The van der Waals surface area contributed by atoms with Crippen molar-refractivity contribution in [3.63, 3.8) is 0 Å². The van der Waals surface area contributed by atoms with E-state index in [4.69, 9.17) is 0 Å². The molecule has 1 heterocycles. The highest BCUT2D eigenvalue weighted by atomic mass is 127. The van der Waals surface area contributed by atoms with E-state index in [-0.39, 0.29) is 0 Å². The summed E-state index contributed by atoms with van der Waals surface area (Å²) in [6.45, 7) is 5.28. The molecule has 0 spiro atoms. The number of nitrogens with zero attached hydrogens (tertiary/aromatic N) is 3. The Morgan fingerprint density at radius 2 is 2.40 bits per heavy atom. The van der Waals surface area contributed by atoms with E-state index in [2.05, 4.69) is 46.8 Å². The van der Waals surface area contributed by atoms with Crippen molar-refractivity contribution in [2.45, 2.75) is 20.4 Å². The molecular formula is C6H10IN3. The summed E-state index contributed by atoms with van der Waals surface area (Å²) in [5.74, 6) is 0.637. The van der Waals surface area contributed by atoms with Crippen LogP contribution < -0.4 is 0 Å². The first-order valence-electron chi connectivity index (χ1n) is 3.24. The van der Waals surface area contributed by atoms with Crippen molar-refractivity contribution >= 4 is 22.6 Å². The van der Waals surface area contributed by atoms with E-state index < -0.39 is 0 Å². The maximum Gasteiger partial charge on any atom is 0.143 e. The monoisotopic (exact) mass is 251 g/mol. The van der Waals surface area contributed by atoms with Gasteiger partial charge in [-0.15, -0.1) is 5.10 Å². The Labute approximate surface area is 73.9 Å². The molecule has 0 saturated carbocycles. The predicted molar refractivity (Wildman–Crippen MR) is 47.6 cm³/mol. The lowest BCUT2D eigenvalue weighted by Gasteiger charge is -2.01. The summed E-state index contributed by atoms with van der Waals surface area (Å²) >= 11 is 2.15. The van der Waals surface area contributed by atoms with Crippen LogP contribution in [0.15, 0.2) is 6.20 Å². The SMILES string of the molecule is CC(C)Cn1cc(I)nn1. The number of halogens is 1. The fourth-order valence-corrected chi connectivity index (χ4v) is 1.16. The molecule has 0 bridgehead atoms. The minimum Gasteiger partial charge on any atom is -0.251 e. The van der Waals surface area contributed by atoms with E-state index in [1.807, 2.05) is 10.9 Å². The summed E-state index contributed by atoms with van der Waals surface area (Å²) in [5, 5.41) is 7.78. The first-order chi connectivity index (χ1) is 4.68. The van der Waals surface area contributed by atoms with Crippen LogP contribution in [0.4, 0.5) is 0 Å². The Balaban J connectivity index is 2.58. The van der Waals surface area contributed by atoms with E-state index in [0.29, 0.717) is 5.92 Å². The van der Waals surface area contributed by atoms with Crippen molar-refractivity contribution in [1.82, 2.24) is 15.0 Å². The first kappa shape index (κ1) is 7.97. The van der Waals surface area contributed by atoms with Gasteiger partial charge >= 0.3 is 0 Å². The molecule has 0 unspecified atom stereocenters. The quantitative estimate of drug-likeness (QED) is 0.746. The van der Waals surface area contributed by atoms with Gasteiger partial charge in [0.2, 0.25) is 0 Å². The van der Waals surface area contributed by atoms with Crippen molar-refractivity contribution in [2.75, 3.05) is 0 Å². The molecule has 1 rings (SSSR count). The molecule has 1 aromatic heterocycles.